The van der Waals surface area contributed by atoms with Crippen LogP contribution in [0.2, 0.25) is 0 Å². The summed E-state index contributed by atoms with van der Waals surface area (Å²) in [6.07, 6.45) is 0. The first-order valence-electron chi connectivity index (χ1n) is 25.0. The van der Waals surface area contributed by atoms with E-state index < -0.39 is 10.8 Å². The van der Waals surface area contributed by atoms with E-state index in [0.29, 0.717) is 0 Å². The van der Waals surface area contributed by atoms with Crippen LogP contribution in [0.3, 0.4) is 0 Å². The number of hydrogen-bond donors (Lipinski definition) is 0. The molecule has 0 nitrogen and oxygen atoms in total. The van der Waals surface area contributed by atoms with Gasteiger partial charge in [0, 0.05) is 20.2 Å². The van der Waals surface area contributed by atoms with E-state index >= 15 is 0 Å². The van der Waals surface area contributed by atoms with Gasteiger partial charge in [-0.1, -0.05) is 194 Å². The Balaban J connectivity index is 0.962. The Bertz CT molecular complexity index is 4730. The second-order valence-electron chi connectivity index (χ2n) is 20.4. The molecule has 1 heterocycles. The molecular formula is C70H38S. The van der Waals surface area contributed by atoms with Crippen molar-refractivity contribution in [1.82, 2.24) is 0 Å². The van der Waals surface area contributed by atoms with Crippen LogP contribution in [0.5, 0.6) is 0 Å². The van der Waals surface area contributed by atoms with E-state index in [1.54, 1.807) is 0 Å². The fourth-order valence-electron chi connectivity index (χ4n) is 15.1. The Morgan fingerprint density at radius 3 is 1.18 bits per heavy atom. The molecule has 324 valence electrons. The molecule has 0 saturated carbocycles. The van der Waals surface area contributed by atoms with E-state index in [0.717, 1.165) is 0 Å². The lowest BCUT2D eigenvalue weighted by molar-refractivity contribution is 0.795. The van der Waals surface area contributed by atoms with Crippen LogP contribution in [0.1, 0.15) is 44.5 Å². The molecule has 4 aliphatic rings. The van der Waals surface area contributed by atoms with Crippen molar-refractivity contribution in [1.29, 1.82) is 0 Å². The molecule has 0 bridgehead atoms. The molecule has 0 N–H and O–H groups in total. The number of hydrogen-bond acceptors (Lipinski definition) is 1. The SMILES string of the molecule is c1ccc2c(c1)-c1ccccc1C21c2ccccc2-c2c1cc1c3cccc4c5c(cc(c6cccc2c61)c43)C1(c2ccccc2-c2ccc(-c3ccc4sc6ccccc6c4c3)cc21)c1ccccc1-5. The normalized spacial score (nSPS) is 16.1. The molecule has 71 heavy (non-hydrogen) atoms. The smallest absolute Gasteiger partial charge is 0.0726 e. The van der Waals surface area contributed by atoms with Crippen LogP contribution in [0.25, 0.3) is 119 Å². The lowest BCUT2D eigenvalue weighted by atomic mass is 9.69. The Kier molecular flexibility index (Phi) is 6.71. The number of thiophene rings is 1. The summed E-state index contributed by atoms with van der Waals surface area (Å²) < 4.78 is 2.67. The van der Waals surface area contributed by atoms with Crippen molar-refractivity contribution < 1.29 is 0 Å². The third kappa shape index (κ3) is 4.19. The molecule has 1 heteroatoms. The van der Waals surface area contributed by atoms with Crippen LogP contribution in [0.4, 0.5) is 0 Å². The van der Waals surface area contributed by atoms with Gasteiger partial charge in [0.1, 0.15) is 0 Å². The molecule has 18 rings (SSSR count). The minimum Gasteiger partial charge on any atom is -0.135 e. The Labute approximate surface area is 413 Å². The highest BCUT2D eigenvalue weighted by Gasteiger charge is 2.54. The van der Waals surface area contributed by atoms with Gasteiger partial charge in [-0.05, 0) is 180 Å². The van der Waals surface area contributed by atoms with Crippen LogP contribution in [-0.4, -0.2) is 0 Å². The average Bonchev–Trinajstić information content (AvgIpc) is 4.24. The molecule has 14 aromatic rings. The molecule has 1 atom stereocenters. The van der Waals surface area contributed by atoms with E-state index in [1.165, 1.54) is 163 Å². The van der Waals surface area contributed by atoms with Crippen molar-refractivity contribution in [2.24, 2.45) is 0 Å². The number of rotatable bonds is 1. The summed E-state index contributed by atoms with van der Waals surface area (Å²) in [7, 11) is 0. The molecule has 1 unspecified atom stereocenters. The van der Waals surface area contributed by atoms with Crippen LogP contribution < -0.4 is 0 Å². The van der Waals surface area contributed by atoms with E-state index in [1.807, 2.05) is 11.3 Å². The summed E-state index contributed by atoms with van der Waals surface area (Å²) in [5.74, 6) is 0. The average molecular weight is 911 g/mol. The second kappa shape index (κ2) is 12.8. The van der Waals surface area contributed by atoms with E-state index in [-0.39, 0.29) is 0 Å². The Morgan fingerprint density at radius 1 is 0.225 bits per heavy atom. The third-order valence-electron chi connectivity index (χ3n) is 17.6. The first-order chi connectivity index (χ1) is 35.2. The predicted molar refractivity (Wildman–Crippen MR) is 299 cm³/mol. The van der Waals surface area contributed by atoms with Crippen molar-refractivity contribution in [2.45, 2.75) is 10.8 Å². The molecular weight excluding hydrogens is 873 g/mol. The highest BCUT2D eigenvalue weighted by atomic mass is 32.1. The van der Waals surface area contributed by atoms with Gasteiger partial charge in [-0.2, -0.15) is 0 Å². The highest BCUT2D eigenvalue weighted by molar-refractivity contribution is 7.25. The third-order valence-corrected chi connectivity index (χ3v) is 18.8. The minimum atomic E-state index is -0.519. The maximum absolute atomic E-state index is 2.65. The lowest BCUT2D eigenvalue weighted by Crippen LogP contribution is -2.26. The summed E-state index contributed by atoms with van der Waals surface area (Å²) in [5, 5.41) is 13.3. The van der Waals surface area contributed by atoms with Crippen LogP contribution in [0.15, 0.2) is 231 Å². The van der Waals surface area contributed by atoms with Gasteiger partial charge in [0.2, 0.25) is 0 Å². The topological polar surface area (TPSA) is 0 Å². The van der Waals surface area contributed by atoms with Crippen molar-refractivity contribution >= 4 is 74.6 Å². The molecule has 0 fully saturated rings. The zero-order valence-electron chi connectivity index (χ0n) is 38.3. The van der Waals surface area contributed by atoms with Crippen molar-refractivity contribution in [3.05, 3.63) is 275 Å². The standard InChI is InChI=1S/C70H38S/c1-7-25-55-41(15-1)42-16-2-8-26-56(42)69(55)58-28-10-4-19-48(58)67-50-23-13-22-47-54-38-62-68(51-24-14-21-46(66(51)54)53(65(47)50)37-61(67)69)49-20-5-11-29-59(49)70(62)57-27-9-3-17-43(57)44-33-31-40(36-60(44)70)39-32-34-64-52(35-39)45-18-6-12-30-63(45)71-64/h1-38H. The van der Waals surface area contributed by atoms with Gasteiger partial charge in [0.05, 0.1) is 10.8 Å². The van der Waals surface area contributed by atoms with Gasteiger partial charge < -0.3 is 0 Å². The van der Waals surface area contributed by atoms with Gasteiger partial charge in [-0.25, -0.2) is 0 Å². The number of benzene rings is 13. The van der Waals surface area contributed by atoms with E-state index in [9.17, 15) is 0 Å². The van der Waals surface area contributed by atoms with E-state index in [4.69, 9.17) is 0 Å². The maximum Gasteiger partial charge on any atom is 0.0726 e. The van der Waals surface area contributed by atoms with Crippen LogP contribution in [0, 0.1) is 0 Å². The van der Waals surface area contributed by atoms with E-state index in [2.05, 4.69) is 231 Å². The Hall–Kier alpha value is -8.62. The quantitative estimate of drug-likeness (QED) is 0.114. The predicted octanol–water partition coefficient (Wildman–Crippen LogP) is 18.5. The van der Waals surface area contributed by atoms with Gasteiger partial charge >= 0.3 is 0 Å². The summed E-state index contributed by atoms with van der Waals surface area (Å²) in [6.45, 7) is 0. The molecule has 2 spiro atoms. The summed E-state index contributed by atoms with van der Waals surface area (Å²) in [4.78, 5) is 0. The zero-order valence-corrected chi connectivity index (χ0v) is 39.2. The zero-order chi connectivity index (χ0) is 45.9. The second-order valence-corrected chi connectivity index (χ2v) is 21.5. The fraction of sp³-hybridized carbons (Fsp3) is 0.0286. The fourth-order valence-corrected chi connectivity index (χ4v) is 16.2. The monoisotopic (exact) mass is 910 g/mol. The van der Waals surface area contributed by atoms with Crippen molar-refractivity contribution in [2.75, 3.05) is 0 Å². The highest BCUT2D eigenvalue weighted by Crippen LogP contribution is 2.67. The molecule has 13 aromatic carbocycles. The van der Waals surface area contributed by atoms with Gasteiger partial charge in [0.15, 0.2) is 0 Å². The summed E-state index contributed by atoms with van der Waals surface area (Å²) in [6, 6.07) is 89.2. The van der Waals surface area contributed by atoms with Gasteiger partial charge in [-0.15, -0.1) is 11.3 Å². The van der Waals surface area contributed by atoms with Gasteiger partial charge in [-0.3, -0.25) is 0 Å². The Morgan fingerprint density at radius 2 is 0.620 bits per heavy atom. The van der Waals surface area contributed by atoms with Crippen molar-refractivity contribution in [3.8, 4) is 55.6 Å². The lowest BCUT2D eigenvalue weighted by Gasteiger charge is -2.32. The molecule has 4 aliphatic carbocycles. The number of fused-ring (bicyclic) bond motifs is 27. The molecule has 0 aliphatic heterocycles. The first kappa shape index (κ1) is 37.3. The van der Waals surface area contributed by atoms with Crippen molar-refractivity contribution in [3.63, 3.8) is 0 Å². The molecule has 0 radical (unpaired) electrons. The largest absolute Gasteiger partial charge is 0.135 e. The summed E-state index contributed by atoms with van der Waals surface area (Å²) >= 11 is 1.88. The molecule has 1 aromatic heterocycles. The molecule has 0 saturated heterocycles. The van der Waals surface area contributed by atoms with Crippen LogP contribution >= 0.6 is 11.3 Å². The van der Waals surface area contributed by atoms with Gasteiger partial charge in [0.25, 0.3) is 0 Å². The first-order valence-corrected chi connectivity index (χ1v) is 25.8. The molecule has 0 amide bonds. The van der Waals surface area contributed by atoms with Crippen LogP contribution in [-0.2, 0) is 10.8 Å². The maximum atomic E-state index is 2.65. The minimum absolute atomic E-state index is 0.428. The summed E-state index contributed by atoms with van der Waals surface area (Å²) in [5.41, 5.74) is 23.3.